The molecule has 2 aromatic heterocycles. The van der Waals surface area contributed by atoms with Crippen molar-refractivity contribution in [2.45, 2.75) is 0 Å². The van der Waals surface area contributed by atoms with Crippen LogP contribution < -0.4 is 0 Å². The fourth-order valence-corrected chi connectivity index (χ4v) is 1.85. The molecule has 17 heavy (non-hydrogen) atoms. The van der Waals surface area contributed by atoms with Crippen molar-refractivity contribution >= 4 is 22.4 Å². The Balaban J connectivity index is 2.42. The number of aromatic carboxylic acids is 1. The normalized spacial score (nSPS) is 11.1. The molecule has 3 rings (SSSR count). The summed E-state index contributed by atoms with van der Waals surface area (Å²) in [5.41, 5.74) is 0.488. The van der Waals surface area contributed by atoms with E-state index in [0.29, 0.717) is 11.0 Å². The molecule has 0 radical (unpaired) electrons. The van der Waals surface area contributed by atoms with E-state index in [9.17, 15) is 9.18 Å². The second-order valence-corrected chi connectivity index (χ2v) is 3.71. The average Bonchev–Trinajstić information content (AvgIpc) is 2.72. The van der Waals surface area contributed by atoms with Gasteiger partial charge in [0.2, 0.25) is 0 Å². The highest BCUT2D eigenvalue weighted by Gasteiger charge is 2.10. The highest BCUT2D eigenvalue weighted by atomic mass is 19.1. The zero-order chi connectivity index (χ0) is 12.0. The number of nitrogens with zero attached hydrogens (tertiary/aromatic N) is 2. The lowest BCUT2D eigenvalue weighted by Gasteiger charge is -1.99. The molecular weight excluding hydrogens is 223 g/mol. The lowest BCUT2D eigenvalue weighted by atomic mass is 10.2. The van der Waals surface area contributed by atoms with Gasteiger partial charge in [-0.25, -0.2) is 14.2 Å². The van der Waals surface area contributed by atoms with Crippen molar-refractivity contribution in [3.8, 4) is 0 Å². The summed E-state index contributed by atoms with van der Waals surface area (Å²) in [7, 11) is 0. The monoisotopic (exact) mass is 230 g/mol. The third kappa shape index (κ3) is 1.44. The zero-order valence-corrected chi connectivity index (χ0v) is 8.59. The Hall–Kier alpha value is -2.43. The zero-order valence-electron chi connectivity index (χ0n) is 8.59. The molecule has 0 aliphatic heterocycles. The molecule has 2 heterocycles. The predicted molar refractivity (Wildman–Crippen MR) is 59.6 cm³/mol. The number of imidazole rings is 1. The Morgan fingerprint density at radius 2 is 2.18 bits per heavy atom. The highest BCUT2D eigenvalue weighted by Crippen LogP contribution is 2.20. The van der Waals surface area contributed by atoms with Crippen molar-refractivity contribution in [1.29, 1.82) is 0 Å². The number of aromatic nitrogens is 2. The molecule has 3 aromatic rings. The number of fused-ring (bicyclic) bond motifs is 3. The summed E-state index contributed by atoms with van der Waals surface area (Å²) in [6.07, 6.45) is 3.09. The predicted octanol–water partition coefficient (Wildman–Crippen LogP) is 2.32. The molecule has 4 nitrogen and oxygen atoms in total. The van der Waals surface area contributed by atoms with Crippen molar-refractivity contribution in [1.82, 2.24) is 9.38 Å². The summed E-state index contributed by atoms with van der Waals surface area (Å²) < 4.78 is 14.7. The van der Waals surface area contributed by atoms with Crippen molar-refractivity contribution in [3.63, 3.8) is 0 Å². The fraction of sp³-hybridized carbons (Fsp3) is 0. The van der Waals surface area contributed by atoms with Gasteiger partial charge in [-0.3, -0.25) is 0 Å². The Kier molecular flexibility index (Phi) is 1.89. The largest absolute Gasteiger partial charge is 0.476 e. The van der Waals surface area contributed by atoms with Crippen LogP contribution in [0.2, 0.25) is 0 Å². The van der Waals surface area contributed by atoms with E-state index in [0.717, 1.165) is 5.39 Å². The van der Waals surface area contributed by atoms with E-state index in [1.807, 2.05) is 0 Å². The van der Waals surface area contributed by atoms with E-state index in [1.165, 1.54) is 18.3 Å². The summed E-state index contributed by atoms with van der Waals surface area (Å²) in [4.78, 5) is 14.8. The summed E-state index contributed by atoms with van der Waals surface area (Å²) in [5, 5.41) is 10.3. The second-order valence-electron chi connectivity index (χ2n) is 3.71. The van der Waals surface area contributed by atoms with Crippen LogP contribution in [0.1, 0.15) is 10.5 Å². The quantitative estimate of drug-likeness (QED) is 0.698. The summed E-state index contributed by atoms with van der Waals surface area (Å²) >= 11 is 0. The van der Waals surface area contributed by atoms with Gasteiger partial charge in [0.15, 0.2) is 5.69 Å². The topological polar surface area (TPSA) is 54.6 Å². The van der Waals surface area contributed by atoms with Gasteiger partial charge in [0, 0.05) is 17.8 Å². The molecule has 5 heteroatoms. The average molecular weight is 230 g/mol. The van der Waals surface area contributed by atoms with E-state index < -0.39 is 5.97 Å². The Bertz CT molecular complexity index is 749. The van der Waals surface area contributed by atoms with Crippen LogP contribution in [0.25, 0.3) is 16.4 Å². The number of carbonyl (C=O) groups is 1. The molecular formula is C12H7FN2O2. The molecule has 0 aliphatic rings. The summed E-state index contributed by atoms with van der Waals surface area (Å²) in [5.74, 6) is -1.41. The fourth-order valence-electron chi connectivity index (χ4n) is 1.85. The highest BCUT2D eigenvalue weighted by molar-refractivity contribution is 5.96. The van der Waals surface area contributed by atoms with Gasteiger partial charge in [-0.05, 0) is 29.7 Å². The molecule has 0 spiro atoms. The summed E-state index contributed by atoms with van der Waals surface area (Å²) in [6, 6.07) is 6.04. The molecule has 1 aromatic carbocycles. The van der Waals surface area contributed by atoms with Crippen LogP contribution >= 0.6 is 0 Å². The maximum Gasteiger partial charge on any atom is 0.356 e. The molecule has 0 amide bonds. The molecule has 1 N–H and O–H groups in total. The van der Waals surface area contributed by atoms with Crippen LogP contribution in [0.15, 0.2) is 36.7 Å². The first-order chi connectivity index (χ1) is 8.15. The lowest BCUT2D eigenvalue weighted by Crippen LogP contribution is -1.94. The molecule has 0 atom stereocenters. The molecule has 84 valence electrons. The molecule has 0 bridgehead atoms. The molecule has 0 aliphatic carbocycles. The van der Waals surface area contributed by atoms with Crippen molar-refractivity contribution in [2.75, 3.05) is 0 Å². The van der Waals surface area contributed by atoms with E-state index in [-0.39, 0.29) is 11.5 Å². The van der Waals surface area contributed by atoms with Gasteiger partial charge in [0.25, 0.3) is 0 Å². The number of benzene rings is 1. The van der Waals surface area contributed by atoms with Crippen molar-refractivity contribution < 1.29 is 14.3 Å². The molecule has 0 unspecified atom stereocenters. The van der Waals surface area contributed by atoms with E-state index in [1.54, 1.807) is 22.7 Å². The van der Waals surface area contributed by atoms with Crippen LogP contribution in [0.3, 0.4) is 0 Å². The van der Waals surface area contributed by atoms with Crippen molar-refractivity contribution in [3.05, 3.63) is 48.2 Å². The van der Waals surface area contributed by atoms with Crippen molar-refractivity contribution in [2.24, 2.45) is 0 Å². The third-order valence-corrected chi connectivity index (χ3v) is 2.62. The van der Waals surface area contributed by atoms with Crippen LogP contribution in [-0.4, -0.2) is 20.5 Å². The minimum atomic E-state index is -1.08. The number of hydrogen-bond donors (Lipinski definition) is 1. The molecule has 0 fully saturated rings. The molecule has 0 saturated carbocycles. The van der Waals surface area contributed by atoms with Gasteiger partial charge in [0.05, 0.1) is 0 Å². The standard InChI is InChI=1S/C12H7FN2O2/c13-8-1-2-9-7(5-8)3-4-15-6-10(12(16)17)14-11(9)15/h1-6H,(H,16,17). The first-order valence-corrected chi connectivity index (χ1v) is 4.95. The van der Waals surface area contributed by atoms with E-state index in [2.05, 4.69) is 4.98 Å². The molecule has 0 saturated heterocycles. The Morgan fingerprint density at radius 3 is 2.94 bits per heavy atom. The lowest BCUT2D eigenvalue weighted by molar-refractivity contribution is 0.0691. The number of pyridine rings is 1. The van der Waals surface area contributed by atoms with Crippen LogP contribution in [0, 0.1) is 5.82 Å². The van der Waals surface area contributed by atoms with Crippen LogP contribution in [0.4, 0.5) is 4.39 Å². The number of carboxylic acid groups (broad SMARTS) is 1. The smallest absolute Gasteiger partial charge is 0.356 e. The van der Waals surface area contributed by atoms with Gasteiger partial charge in [-0.2, -0.15) is 0 Å². The SMILES string of the molecule is O=C(O)c1cn2ccc3cc(F)ccc3c2n1. The first kappa shape index (κ1) is 9.77. The number of hydrogen-bond acceptors (Lipinski definition) is 2. The van der Waals surface area contributed by atoms with Gasteiger partial charge >= 0.3 is 5.97 Å². The maximum atomic E-state index is 13.0. The number of halogens is 1. The number of carboxylic acids is 1. The minimum absolute atomic E-state index is 0.0261. The Labute approximate surface area is 94.9 Å². The van der Waals surface area contributed by atoms with Gasteiger partial charge in [0.1, 0.15) is 11.5 Å². The Morgan fingerprint density at radius 1 is 1.35 bits per heavy atom. The third-order valence-electron chi connectivity index (χ3n) is 2.62. The summed E-state index contributed by atoms with van der Waals surface area (Å²) in [6.45, 7) is 0. The minimum Gasteiger partial charge on any atom is -0.476 e. The van der Waals surface area contributed by atoms with Gasteiger partial charge in [-0.15, -0.1) is 0 Å². The number of rotatable bonds is 1. The van der Waals surface area contributed by atoms with E-state index >= 15 is 0 Å². The van der Waals surface area contributed by atoms with Gasteiger partial charge < -0.3 is 9.51 Å². The van der Waals surface area contributed by atoms with Crippen LogP contribution in [-0.2, 0) is 0 Å². The second kappa shape index (κ2) is 3.28. The van der Waals surface area contributed by atoms with Gasteiger partial charge in [-0.1, -0.05) is 0 Å². The van der Waals surface area contributed by atoms with E-state index in [4.69, 9.17) is 5.11 Å². The van der Waals surface area contributed by atoms with Crippen LogP contribution in [0.5, 0.6) is 0 Å². The maximum absolute atomic E-state index is 13.0. The first-order valence-electron chi connectivity index (χ1n) is 4.95.